The molecule has 1 aromatic carbocycles. The molecule has 3 N–H and O–H groups in total. The summed E-state index contributed by atoms with van der Waals surface area (Å²) >= 11 is 0. The molecular formula is C15H24FN3O. The lowest BCUT2D eigenvalue weighted by Gasteiger charge is -2.24. The van der Waals surface area contributed by atoms with Crippen LogP contribution in [0, 0.1) is 5.82 Å². The Morgan fingerprint density at radius 2 is 2.25 bits per heavy atom. The lowest BCUT2D eigenvalue weighted by molar-refractivity contribution is 0.277. The Hall–Kier alpha value is -1.49. The highest BCUT2D eigenvalue weighted by atomic mass is 19.1. The zero-order valence-electron chi connectivity index (χ0n) is 12.3. The standard InChI is InChI=1S/C15H24FN3O/c1-3-19-7-5-6-11(19)10-18-14-9-15(20-4-2)12(16)8-13(14)17/h8-9,11,18H,3-7,10,17H2,1-2H3. The molecule has 1 aliphatic rings. The van der Waals surface area contributed by atoms with Crippen LogP contribution in [0.4, 0.5) is 15.8 Å². The van der Waals surface area contributed by atoms with E-state index in [0.29, 0.717) is 18.3 Å². The highest BCUT2D eigenvalue weighted by Gasteiger charge is 2.22. The first-order chi connectivity index (χ1) is 9.65. The van der Waals surface area contributed by atoms with Gasteiger partial charge in [-0.05, 0) is 32.9 Å². The maximum absolute atomic E-state index is 13.6. The van der Waals surface area contributed by atoms with E-state index in [1.807, 2.05) is 6.92 Å². The van der Waals surface area contributed by atoms with Gasteiger partial charge in [-0.25, -0.2) is 4.39 Å². The van der Waals surface area contributed by atoms with E-state index in [1.54, 1.807) is 6.07 Å². The van der Waals surface area contributed by atoms with Crippen molar-refractivity contribution in [2.75, 3.05) is 37.3 Å². The second kappa shape index (κ2) is 6.79. The number of nitrogens with one attached hydrogen (secondary N) is 1. The normalized spacial score (nSPS) is 19.2. The highest BCUT2D eigenvalue weighted by molar-refractivity contribution is 5.68. The van der Waals surface area contributed by atoms with Gasteiger partial charge in [-0.15, -0.1) is 0 Å². The number of rotatable bonds is 6. The van der Waals surface area contributed by atoms with Crippen LogP contribution in [0.3, 0.4) is 0 Å². The van der Waals surface area contributed by atoms with Gasteiger partial charge >= 0.3 is 0 Å². The number of likely N-dealkylation sites (tertiary alicyclic amines) is 1. The summed E-state index contributed by atoms with van der Waals surface area (Å²) in [5.41, 5.74) is 7.04. The molecule has 5 heteroatoms. The van der Waals surface area contributed by atoms with Crippen molar-refractivity contribution in [1.29, 1.82) is 0 Å². The first-order valence-corrected chi connectivity index (χ1v) is 7.35. The highest BCUT2D eigenvalue weighted by Crippen LogP contribution is 2.29. The number of nitrogen functional groups attached to an aromatic ring is 1. The fraction of sp³-hybridized carbons (Fsp3) is 0.600. The van der Waals surface area contributed by atoms with Gasteiger partial charge < -0.3 is 15.8 Å². The zero-order valence-corrected chi connectivity index (χ0v) is 12.3. The number of nitrogens with two attached hydrogens (primary N) is 1. The average Bonchev–Trinajstić information content (AvgIpc) is 2.88. The third kappa shape index (κ3) is 3.33. The predicted molar refractivity (Wildman–Crippen MR) is 80.7 cm³/mol. The summed E-state index contributed by atoms with van der Waals surface area (Å²) in [6.07, 6.45) is 2.43. The number of benzene rings is 1. The minimum atomic E-state index is -0.411. The van der Waals surface area contributed by atoms with Crippen molar-refractivity contribution in [2.45, 2.75) is 32.7 Å². The largest absolute Gasteiger partial charge is 0.491 e. The molecule has 1 fully saturated rings. The van der Waals surface area contributed by atoms with Crippen molar-refractivity contribution in [2.24, 2.45) is 0 Å². The van der Waals surface area contributed by atoms with Crippen molar-refractivity contribution in [3.05, 3.63) is 17.9 Å². The molecule has 112 valence electrons. The lowest BCUT2D eigenvalue weighted by atomic mass is 10.2. The van der Waals surface area contributed by atoms with E-state index < -0.39 is 5.82 Å². The molecule has 0 aromatic heterocycles. The van der Waals surface area contributed by atoms with Crippen LogP contribution in [0.25, 0.3) is 0 Å². The number of ether oxygens (including phenoxy) is 1. The van der Waals surface area contributed by atoms with E-state index in [9.17, 15) is 4.39 Å². The fourth-order valence-electron chi connectivity index (χ4n) is 2.76. The molecule has 1 unspecified atom stereocenters. The monoisotopic (exact) mass is 281 g/mol. The van der Waals surface area contributed by atoms with Crippen LogP contribution < -0.4 is 15.8 Å². The van der Waals surface area contributed by atoms with Crippen LogP contribution in [-0.2, 0) is 0 Å². The molecule has 2 rings (SSSR count). The molecule has 1 heterocycles. The lowest BCUT2D eigenvalue weighted by Crippen LogP contribution is -2.34. The number of halogens is 1. The number of hydrogen-bond acceptors (Lipinski definition) is 4. The number of anilines is 2. The van der Waals surface area contributed by atoms with Gasteiger partial charge in [0.05, 0.1) is 18.0 Å². The van der Waals surface area contributed by atoms with Crippen LogP contribution in [0.1, 0.15) is 26.7 Å². The number of likely N-dealkylation sites (N-methyl/N-ethyl adjacent to an activating group) is 1. The van der Waals surface area contributed by atoms with Crippen molar-refractivity contribution < 1.29 is 9.13 Å². The smallest absolute Gasteiger partial charge is 0.167 e. The van der Waals surface area contributed by atoms with Crippen molar-refractivity contribution >= 4 is 11.4 Å². The molecule has 0 bridgehead atoms. The molecule has 0 aliphatic carbocycles. The Morgan fingerprint density at radius 3 is 2.95 bits per heavy atom. The maximum Gasteiger partial charge on any atom is 0.167 e. The minimum Gasteiger partial charge on any atom is -0.491 e. The van der Waals surface area contributed by atoms with Crippen LogP contribution in [0.15, 0.2) is 12.1 Å². The van der Waals surface area contributed by atoms with Gasteiger partial charge in [0.15, 0.2) is 11.6 Å². The van der Waals surface area contributed by atoms with E-state index in [2.05, 4.69) is 17.1 Å². The SMILES string of the molecule is CCOc1cc(NCC2CCCN2CC)c(N)cc1F. The van der Waals surface area contributed by atoms with Gasteiger partial charge in [0.25, 0.3) is 0 Å². The average molecular weight is 281 g/mol. The fourth-order valence-corrected chi connectivity index (χ4v) is 2.76. The summed E-state index contributed by atoms with van der Waals surface area (Å²) in [5.74, 6) is -0.158. The Labute approximate surface area is 120 Å². The minimum absolute atomic E-state index is 0.253. The first-order valence-electron chi connectivity index (χ1n) is 7.35. The van der Waals surface area contributed by atoms with Gasteiger partial charge in [-0.2, -0.15) is 0 Å². The molecular weight excluding hydrogens is 257 g/mol. The molecule has 1 aromatic rings. The van der Waals surface area contributed by atoms with Gasteiger partial charge in [0.1, 0.15) is 0 Å². The molecule has 0 saturated carbocycles. The van der Waals surface area contributed by atoms with Gasteiger partial charge in [-0.3, -0.25) is 4.90 Å². The number of nitrogens with zero attached hydrogens (tertiary/aromatic N) is 1. The maximum atomic E-state index is 13.6. The van der Waals surface area contributed by atoms with E-state index in [1.165, 1.54) is 18.9 Å². The molecule has 0 spiro atoms. The van der Waals surface area contributed by atoms with Crippen molar-refractivity contribution in [3.63, 3.8) is 0 Å². The topological polar surface area (TPSA) is 50.5 Å². The van der Waals surface area contributed by atoms with Crippen molar-refractivity contribution in [3.8, 4) is 5.75 Å². The molecule has 0 amide bonds. The molecule has 1 saturated heterocycles. The van der Waals surface area contributed by atoms with Crippen molar-refractivity contribution in [1.82, 2.24) is 4.90 Å². The molecule has 1 atom stereocenters. The summed E-state index contributed by atoms with van der Waals surface area (Å²) in [4.78, 5) is 2.45. The summed E-state index contributed by atoms with van der Waals surface area (Å²) in [5, 5.41) is 3.33. The van der Waals surface area contributed by atoms with E-state index in [4.69, 9.17) is 10.5 Å². The second-order valence-corrected chi connectivity index (χ2v) is 5.11. The Balaban J connectivity index is 2.03. The third-order valence-corrected chi connectivity index (χ3v) is 3.84. The van der Waals surface area contributed by atoms with Gasteiger partial charge in [0.2, 0.25) is 0 Å². The predicted octanol–water partition coefficient (Wildman–Crippen LogP) is 2.70. The Morgan fingerprint density at radius 1 is 1.45 bits per heavy atom. The van der Waals surface area contributed by atoms with E-state index in [-0.39, 0.29) is 5.75 Å². The molecule has 0 radical (unpaired) electrons. The van der Waals surface area contributed by atoms with Crippen LogP contribution in [0.2, 0.25) is 0 Å². The van der Waals surface area contributed by atoms with Crippen LogP contribution >= 0.6 is 0 Å². The summed E-state index contributed by atoms with van der Waals surface area (Å²) in [6.45, 7) is 7.50. The molecule has 20 heavy (non-hydrogen) atoms. The molecule has 1 aliphatic heterocycles. The quantitative estimate of drug-likeness (QED) is 0.787. The zero-order chi connectivity index (χ0) is 14.5. The van der Waals surface area contributed by atoms with Gasteiger partial charge in [-0.1, -0.05) is 6.92 Å². The third-order valence-electron chi connectivity index (χ3n) is 3.84. The summed E-state index contributed by atoms with van der Waals surface area (Å²) < 4.78 is 18.9. The summed E-state index contributed by atoms with van der Waals surface area (Å²) in [7, 11) is 0. The van der Waals surface area contributed by atoms with Crippen LogP contribution in [0.5, 0.6) is 5.75 Å². The summed E-state index contributed by atoms with van der Waals surface area (Å²) in [6, 6.07) is 3.50. The first kappa shape index (κ1) is 14.9. The molecule has 4 nitrogen and oxygen atoms in total. The van der Waals surface area contributed by atoms with Gasteiger partial charge in [0, 0.05) is 24.7 Å². The second-order valence-electron chi connectivity index (χ2n) is 5.11. The number of hydrogen-bond donors (Lipinski definition) is 2. The van der Waals surface area contributed by atoms with Crippen LogP contribution in [-0.4, -0.2) is 37.2 Å². The Bertz CT molecular complexity index is 453. The Kier molecular flexibility index (Phi) is 5.06. The van der Waals surface area contributed by atoms with E-state index >= 15 is 0 Å². The van der Waals surface area contributed by atoms with E-state index in [0.717, 1.165) is 25.3 Å².